The van der Waals surface area contributed by atoms with Crippen LogP contribution >= 0.6 is 0 Å². The van der Waals surface area contributed by atoms with Crippen LogP contribution in [0.5, 0.6) is 0 Å². The number of nitrogens with two attached hydrogens (primary N) is 1. The first kappa shape index (κ1) is 9.40. The highest BCUT2D eigenvalue weighted by atomic mass is 16.6. The number of epoxide rings is 1. The van der Waals surface area contributed by atoms with E-state index in [1.807, 2.05) is 0 Å². The molecule has 2 heterocycles. The van der Waals surface area contributed by atoms with Crippen molar-refractivity contribution in [1.82, 2.24) is 5.32 Å². The number of ether oxygens (including phenoxy) is 2. The third-order valence-electron chi connectivity index (χ3n) is 2.81. The van der Waals surface area contributed by atoms with Crippen LogP contribution in [0, 0.1) is 5.92 Å². The molecule has 13 heavy (non-hydrogen) atoms. The summed E-state index contributed by atoms with van der Waals surface area (Å²) in [5.74, 6) is 0.538. The van der Waals surface area contributed by atoms with Crippen LogP contribution in [0.3, 0.4) is 0 Å². The van der Waals surface area contributed by atoms with Gasteiger partial charge in [-0.15, -0.1) is 0 Å². The van der Waals surface area contributed by atoms with Crippen molar-refractivity contribution >= 4 is 0 Å². The molecular weight excluding hydrogens is 168 g/mol. The zero-order chi connectivity index (χ0) is 9.47. The first-order chi connectivity index (χ1) is 6.11. The fourth-order valence-corrected chi connectivity index (χ4v) is 1.70. The van der Waals surface area contributed by atoms with E-state index in [1.165, 1.54) is 0 Å². The minimum atomic E-state index is -0.271. The number of nitrogens with one attached hydrogen (secondary N) is 1. The quantitative estimate of drug-likeness (QED) is 0.467. The predicted octanol–water partition coefficient (Wildman–Crippen LogP) is -0.315. The van der Waals surface area contributed by atoms with Crippen LogP contribution < -0.4 is 11.1 Å². The van der Waals surface area contributed by atoms with Crippen molar-refractivity contribution in [3.8, 4) is 0 Å². The third-order valence-corrected chi connectivity index (χ3v) is 2.81. The Morgan fingerprint density at radius 1 is 1.62 bits per heavy atom. The van der Waals surface area contributed by atoms with Crippen molar-refractivity contribution in [1.29, 1.82) is 0 Å². The Kier molecular flexibility index (Phi) is 2.32. The molecule has 0 aliphatic carbocycles. The number of hydrogen-bond acceptors (Lipinski definition) is 4. The maximum Gasteiger partial charge on any atom is 0.114 e. The minimum Gasteiger partial charge on any atom is -0.375 e. The smallest absolute Gasteiger partial charge is 0.114 e. The largest absolute Gasteiger partial charge is 0.375 e. The molecule has 0 aromatic carbocycles. The van der Waals surface area contributed by atoms with Gasteiger partial charge in [0.1, 0.15) is 5.66 Å². The van der Waals surface area contributed by atoms with Crippen LogP contribution in [0.15, 0.2) is 0 Å². The first-order valence-corrected chi connectivity index (χ1v) is 4.88. The Morgan fingerprint density at radius 2 is 2.23 bits per heavy atom. The van der Waals surface area contributed by atoms with Gasteiger partial charge >= 0.3 is 0 Å². The van der Waals surface area contributed by atoms with E-state index in [9.17, 15) is 0 Å². The molecule has 2 aliphatic rings. The lowest BCUT2D eigenvalue weighted by molar-refractivity contribution is -0.0724. The second kappa shape index (κ2) is 3.20. The predicted molar refractivity (Wildman–Crippen MR) is 49.2 cm³/mol. The fraction of sp³-hybridized carbons (Fsp3) is 1.00. The normalized spacial score (nSPS) is 38.1. The van der Waals surface area contributed by atoms with Crippen molar-refractivity contribution in [2.75, 3.05) is 19.8 Å². The van der Waals surface area contributed by atoms with Crippen LogP contribution in [-0.4, -0.2) is 37.6 Å². The summed E-state index contributed by atoms with van der Waals surface area (Å²) in [4.78, 5) is 0. The van der Waals surface area contributed by atoms with Crippen LogP contribution in [0.2, 0.25) is 0 Å². The van der Waals surface area contributed by atoms with Crippen molar-refractivity contribution in [3.63, 3.8) is 0 Å². The first-order valence-electron chi connectivity index (χ1n) is 4.88. The summed E-state index contributed by atoms with van der Waals surface area (Å²) in [6, 6.07) is 0. The molecule has 4 heteroatoms. The minimum absolute atomic E-state index is 0.271. The van der Waals surface area contributed by atoms with Crippen molar-refractivity contribution in [2.24, 2.45) is 11.7 Å². The number of rotatable bonds is 4. The van der Waals surface area contributed by atoms with Gasteiger partial charge in [-0.25, -0.2) is 0 Å². The highest BCUT2D eigenvalue weighted by Crippen LogP contribution is 2.28. The molecule has 4 nitrogen and oxygen atoms in total. The van der Waals surface area contributed by atoms with Crippen LogP contribution in [0.25, 0.3) is 0 Å². The second-order valence-corrected chi connectivity index (χ2v) is 4.31. The molecule has 2 aliphatic heterocycles. The third kappa shape index (κ3) is 2.02. The van der Waals surface area contributed by atoms with Gasteiger partial charge in [-0.2, -0.15) is 0 Å². The number of hydrogen-bond donors (Lipinski definition) is 2. The summed E-state index contributed by atoms with van der Waals surface area (Å²) in [5, 5.41) is 3.31. The molecule has 3 atom stereocenters. The van der Waals surface area contributed by atoms with Crippen LogP contribution in [0.1, 0.15) is 13.8 Å². The summed E-state index contributed by atoms with van der Waals surface area (Å²) < 4.78 is 10.4. The monoisotopic (exact) mass is 186 g/mol. The fourth-order valence-electron chi connectivity index (χ4n) is 1.70. The molecule has 2 fully saturated rings. The van der Waals surface area contributed by atoms with Gasteiger partial charge < -0.3 is 15.2 Å². The van der Waals surface area contributed by atoms with Crippen LogP contribution in [-0.2, 0) is 9.47 Å². The molecule has 2 saturated heterocycles. The summed E-state index contributed by atoms with van der Waals surface area (Å²) >= 11 is 0. The molecule has 0 bridgehead atoms. The van der Waals surface area contributed by atoms with E-state index in [-0.39, 0.29) is 5.66 Å². The maximum atomic E-state index is 5.93. The molecule has 0 aromatic rings. The van der Waals surface area contributed by atoms with Gasteiger partial charge in [0.25, 0.3) is 0 Å². The summed E-state index contributed by atoms with van der Waals surface area (Å²) in [5.41, 5.74) is 5.66. The summed E-state index contributed by atoms with van der Waals surface area (Å²) in [6.07, 6.45) is 0.861. The van der Waals surface area contributed by atoms with Crippen molar-refractivity contribution in [3.05, 3.63) is 0 Å². The molecule has 0 saturated carbocycles. The molecule has 2 rings (SSSR count). The summed E-state index contributed by atoms with van der Waals surface area (Å²) in [7, 11) is 0. The molecule has 0 amide bonds. The standard InChI is InChI=1S/C9H18N2O2/c1-6(8-7(2)13-8)3-11-9(10)4-12-5-9/h6-8,11H,3-5,10H2,1-2H3. The van der Waals surface area contributed by atoms with Crippen molar-refractivity contribution in [2.45, 2.75) is 31.7 Å². The Balaban J connectivity index is 1.67. The maximum absolute atomic E-state index is 5.93. The van der Waals surface area contributed by atoms with Gasteiger partial charge in [0.15, 0.2) is 0 Å². The van der Waals surface area contributed by atoms with E-state index in [0.717, 1.165) is 6.54 Å². The lowest BCUT2D eigenvalue weighted by Gasteiger charge is -2.39. The lowest BCUT2D eigenvalue weighted by atomic mass is 10.0. The molecular formula is C9H18N2O2. The van der Waals surface area contributed by atoms with E-state index in [0.29, 0.717) is 31.3 Å². The van der Waals surface area contributed by atoms with E-state index < -0.39 is 0 Å². The molecule has 3 N–H and O–H groups in total. The lowest BCUT2D eigenvalue weighted by Crippen LogP contribution is -2.67. The highest BCUT2D eigenvalue weighted by Gasteiger charge is 2.40. The second-order valence-electron chi connectivity index (χ2n) is 4.31. The topological polar surface area (TPSA) is 59.8 Å². The molecule has 0 spiro atoms. The molecule has 76 valence electrons. The zero-order valence-electron chi connectivity index (χ0n) is 8.25. The van der Waals surface area contributed by atoms with Gasteiger partial charge in [-0.1, -0.05) is 6.92 Å². The average Bonchev–Trinajstić information content (AvgIpc) is 2.75. The van der Waals surface area contributed by atoms with E-state index in [4.69, 9.17) is 15.2 Å². The highest BCUT2D eigenvalue weighted by molar-refractivity contribution is 4.91. The van der Waals surface area contributed by atoms with Gasteiger partial charge in [0.2, 0.25) is 0 Å². The average molecular weight is 186 g/mol. The van der Waals surface area contributed by atoms with Crippen LogP contribution in [0.4, 0.5) is 0 Å². The van der Waals surface area contributed by atoms with Gasteiger partial charge in [-0.05, 0) is 12.8 Å². The zero-order valence-corrected chi connectivity index (χ0v) is 8.25. The summed E-state index contributed by atoms with van der Waals surface area (Å²) in [6.45, 7) is 6.45. The molecule has 0 aromatic heterocycles. The Morgan fingerprint density at radius 3 is 2.62 bits per heavy atom. The van der Waals surface area contributed by atoms with Gasteiger partial charge in [-0.3, -0.25) is 5.32 Å². The van der Waals surface area contributed by atoms with E-state index in [1.54, 1.807) is 0 Å². The van der Waals surface area contributed by atoms with Gasteiger partial charge in [0, 0.05) is 6.54 Å². The Labute approximate surface area is 78.8 Å². The van der Waals surface area contributed by atoms with Gasteiger partial charge in [0.05, 0.1) is 25.4 Å². The SMILES string of the molecule is CC(CNC1(N)COC1)C1OC1C. The van der Waals surface area contributed by atoms with E-state index in [2.05, 4.69) is 19.2 Å². The Bertz CT molecular complexity index is 194. The van der Waals surface area contributed by atoms with E-state index >= 15 is 0 Å². The Hall–Kier alpha value is -0.160. The molecule has 3 unspecified atom stereocenters. The molecule has 0 radical (unpaired) electrons. The van der Waals surface area contributed by atoms with Crippen molar-refractivity contribution < 1.29 is 9.47 Å².